The van der Waals surface area contributed by atoms with Crippen LogP contribution < -0.4 is 5.32 Å². The Morgan fingerprint density at radius 2 is 2.16 bits per heavy atom. The lowest BCUT2D eigenvalue weighted by atomic mass is 10.1. The SMILES string of the molecule is Cc1cc(C)n(-c2c(Cl)cccc2CNC2CC2)n1. The summed E-state index contributed by atoms with van der Waals surface area (Å²) in [4.78, 5) is 0. The molecule has 19 heavy (non-hydrogen) atoms. The van der Waals surface area contributed by atoms with Crippen LogP contribution in [0.15, 0.2) is 24.3 Å². The lowest BCUT2D eigenvalue weighted by Crippen LogP contribution is -2.17. The van der Waals surface area contributed by atoms with Crippen molar-refractivity contribution in [2.24, 2.45) is 0 Å². The summed E-state index contributed by atoms with van der Waals surface area (Å²) in [7, 11) is 0. The zero-order chi connectivity index (χ0) is 13.4. The van der Waals surface area contributed by atoms with Crippen LogP contribution in [-0.4, -0.2) is 15.8 Å². The Kier molecular flexibility index (Phi) is 3.33. The third kappa shape index (κ3) is 2.67. The maximum Gasteiger partial charge on any atom is 0.0879 e. The van der Waals surface area contributed by atoms with Gasteiger partial charge in [0, 0.05) is 18.3 Å². The lowest BCUT2D eigenvalue weighted by Gasteiger charge is -2.13. The summed E-state index contributed by atoms with van der Waals surface area (Å²) in [6.07, 6.45) is 2.58. The monoisotopic (exact) mass is 275 g/mol. The molecule has 3 nitrogen and oxygen atoms in total. The average molecular weight is 276 g/mol. The lowest BCUT2D eigenvalue weighted by molar-refractivity contribution is 0.679. The molecule has 1 fully saturated rings. The summed E-state index contributed by atoms with van der Waals surface area (Å²) in [6.45, 7) is 4.91. The Labute approximate surface area is 118 Å². The van der Waals surface area contributed by atoms with Gasteiger partial charge in [-0.25, -0.2) is 4.68 Å². The van der Waals surface area contributed by atoms with E-state index in [9.17, 15) is 0 Å². The Balaban J connectivity index is 1.99. The van der Waals surface area contributed by atoms with Gasteiger partial charge in [0.1, 0.15) is 0 Å². The van der Waals surface area contributed by atoms with E-state index < -0.39 is 0 Å². The zero-order valence-electron chi connectivity index (χ0n) is 11.3. The maximum atomic E-state index is 6.39. The van der Waals surface area contributed by atoms with Crippen molar-refractivity contribution in [1.29, 1.82) is 0 Å². The molecule has 0 amide bonds. The highest BCUT2D eigenvalue weighted by Gasteiger charge is 2.21. The van der Waals surface area contributed by atoms with Gasteiger partial charge in [-0.1, -0.05) is 23.7 Å². The van der Waals surface area contributed by atoms with Gasteiger partial charge in [-0.2, -0.15) is 5.10 Å². The van der Waals surface area contributed by atoms with Crippen molar-refractivity contribution in [3.8, 4) is 5.69 Å². The highest BCUT2D eigenvalue weighted by Crippen LogP contribution is 2.27. The maximum absolute atomic E-state index is 6.39. The van der Waals surface area contributed by atoms with Gasteiger partial charge >= 0.3 is 0 Å². The minimum absolute atomic E-state index is 0.687. The molecule has 0 saturated heterocycles. The van der Waals surface area contributed by atoms with E-state index in [1.807, 2.05) is 23.7 Å². The Morgan fingerprint density at radius 3 is 2.79 bits per heavy atom. The third-order valence-electron chi connectivity index (χ3n) is 3.45. The van der Waals surface area contributed by atoms with E-state index >= 15 is 0 Å². The molecule has 1 N–H and O–H groups in total. The molecule has 4 heteroatoms. The number of nitrogens with one attached hydrogen (secondary N) is 1. The number of hydrogen-bond donors (Lipinski definition) is 1. The van der Waals surface area contributed by atoms with Crippen molar-refractivity contribution in [3.63, 3.8) is 0 Å². The minimum atomic E-state index is 0.687. The van der Waals surface area contributed by atoms with Crippen molar-refractivity contribution >= 4 is 11.6 Å². The minimum Gasteiger partial charge on any atom is -0.310 e. The van der Waals surface area contributed by atoms with Gasteiger partial charge in [-0.3, -0.25) is 0 Å². The van der Waals surface area contributed by atoms with E-state index in [2.05, 4.69) is 29.5 Å². The number of halogens is 1. The van der Waals surface area contributed by atoms with Crippen LogP contribution >= 0.6 is 11.6 Å². The first-order valence-electron chi connectivity index (χ1n) is 6.69. The molecule has 1 aromatic heterocycles. The molecule has 100 valence electrons. The van der Waals surface area contributed by atoms with Gasteiger partial charge in [-0.15, -0.1) is 0 Å². The zero-order valence-corrected chi connectivity index (χ0v) is 12.0. The van der Waals surface area contributed by atoms with Crippen LogP contribution in [0.1, 0.15) is 29.8 Å². The summed E-state index contributed by atoms with van der Waals surface area (Å²) in [6, 6.07) is 8.80. The molecule has 0 atom stereocenters. The predicted molar refractivity (Wildman–Crippen MR) is 77.9 cm³/mol. The normalized spacial score (nSPS) is 14.9. The number of nitrogens with zero attached hydrogens (tertiary/aromatic N) is 2. The number of benzene rings is 1. The Morgan fingerprint density at radius 1 is 1.37 bits per heavy atom. The van der Waals surface area contributed by atoms with Gasteiger partial charge in [0.15, 0.2) is 0 Å². The van der Waals surface area contributed by atoms with Crippen molar-refractivity contribution in [2.45, 2.75) is 39.3 Å². The highest BCUT2D eigenvalue weighted by molar-refractivity contribution is 6.32. The first-order chi connectivity index (χ1) is 9.15. The second-order valence-electron chi connectivity index (χ2n) is 5.24. The smallest absolute Gasteiger partial charge is 0.0879 e. The number of rotatable bonds is 4. The summed E-state index contributed by atoms with van der Waals surface area (Å²) in [5.41, 5.74) is 4.32. The number of hydrogen-bond acceptors (Lipinski definition) is 2. The predicted octanol–water partition coefficient (Wildman–Crippen LogP) is 3.39. The topological polar surface area (TPSA) is 29.9 Å². The van der Waals surface area contributed by atoms with Gasteiger partial charge in [0.2, 0.25) is 0 Å². The van der Waals surface area contributed by atoms with Crippen LogP contribution in [0, 0.1) is 13.8 Å². The summed E-state index contributed by atoms with van der Waals surface area (Å²) >= 11 is 6.39. The van der Waals surface area contributed by atoms with E-state index in [-0.39, 0.29) is 0 Å². The summed E-state index contributed by atoms with van der Waals surface area (Å²) in [5.74, 6) is 0. The van der Waals surface area contributed by atoms with Gasteiger partial charge in [0.25, 0.3) is 0 Å². The van der Waals surface area contributed by atoms with Gasteiger partial charge < -0.3 is 5.32 Å². The van der Waals surface area contributed by atoms with Crippen LogP contribution in [0.2, 0.25) is 5.02 Å². The molecule has 1 saturated carbocycles. The molecule has 2 aromatic rings. The Hall–Kier alpha value is -1.32. The van der Waals surface area contributed by atoms with E-state index in [1.165, 1.54) is 18.4 Å². The molecular weight excluding hydrogens is 258 g/mol. The largest absolute Gasteiger partial charge is 0.310 e. The third-order valence-corrected chi connectivity index (χ3v) is 3.76. The fourth-order valence-electron chi connectivity index (χ4n) is 2.34. The second kappa shape index (κ2) is 4.99. The fraction of sp³-hybridized carbons (Fsp3) is 0.400. The molecule has 0 bridgehead atoms. The van der Waals surface area contributed by atoms with Crippen LogP contribution in [-0.2, 0) is 6.54 Å². The molecule has 3 rings (SSSR count). The molecule has 1 aromatic carbocycles. The van der Waals surface area contributed by atoms with Crippen LogP contribution in [0.3, 0.4) is 0 Å². The van der Waals surface area contributed by atoms with Crippen molar-refractivity contribution < 1.29 is 0 Å². The highest BCUT2D eigenvalue weighted by atomic mass is 35.5. The second-order valence-corrected chi connectivity index (χ2v) is 5.65. The van der Waals surface area contributed by atoms with E-state index in [1.54, 1.807) is 0 Å². The molecular formula is C15H18ClN3. The first-order valence-corrected chi connectivity index (χ1v) is 7.07. The quantitative estimate of drug-likeness (QED) is 0.927. The number of para-hydroxylation sites is 1. The molecule has 1 aliphatic rings. The standard InChI is InChI=1S/C15H18ClN3/c1-10-8-11(2)19(18-10)15-12(4-3-5-14(15)16)9-17-13-6-7-13/h3-5,8,13,17H,6-7,9H2,1-2H3. The fourth-order valence-corrected chi connectivity index (χ4v) is 2.61. The Bertz CT molecular complexity index is 599. The van der Waals surface area contributed by atoms with Crippen LogP contribution in [0.5, 0.6) is 0 Å². The number of aryl methyl sites for hydroxylation is 2. The van der Waals surface area contributed by atoms with E-state index in [4.69, 9.17) is 11.6 Å². The van der Waals surface area contributed by atoms with Gasteiger partial charge in [-0.05, 0) is 44.4 Å². The molecule has 1 aliphatic carbocycles. The van der Waals surface area contributed by atoms with Crippen molar-refractivity contribution in [1.82, 2.24) is 15.1 Å². The van der Waals surface area contributed by atoms with Gasteiger partial charge in [0.05, 0.1) is 16.4 Å². The van der Waals surface area contributed by atoms with Crippen molar-refractivity contribution in [2.75, 3.05) is 0 Å². The van der Waals surface area contributed by atoms with Crippen LogP contribution in [0.25, 0.3) is 5.69 Å². The molecule has 1 heterocycles. The van der Waals surface area contributed by atoms with E-state index in [0.717, 1.165) is 28.6 Å². The van der Waals surface area contributed by atoms with E-state index in [0.29, 0.717) is 6.04 Å². The molecule has 0 aliphatic heterocycles. The summed E-state index contributed by atoms with van der Waals surface area (Å²) in [5, 5.41) is 8.84. The van der Waals surface area contributed by atoms with Crippen LogP contribution in [0.4, 0.5) is 0 Å². The summed E-state index contributed by atoms with van der Waals surface area (Å²) < 4.78 is 1.95. The molecule has 0 unspecified atom stereocenters. The molecule has 0 radical (unpaired) electrons. The number of aromatic nitrogens is 2. The average Bonchev–Trinajstić information content (AvgIpc) is 3.12. The van der Waals surface area contributed by atoms with Crippen molar-refractivity contribution in [3.05, 3.63) is 46.2 Å². The first kappa shape index (κ1) is 12.7. The molecule has 0 spiro atoms.